The van der Waals surface area contributed by atoms with Gasteiger partial charge < -0.3 is 9.47 Å². The maximum atomic E-state index is 13.2. The minimum atomic E-state index is -3.63. The molecule has 2 aliphatic heterocycles. The van der Waals surface area contributed by atoms with E-state index >= 15 is 0 Å². The van der Waals surface area contributed by atoms with E-state index in [9.17, 15) is 8.42 Å². The molecule has 0 saturated heterocycles. The average Bonchev–Trinajstić information content (AvgIpc) is 2.61. The molecular formula is C18H19NO4S. The maximum absolute atomic E-state index is 13.2. The summed E-state index contributed by atoms with van der Waals surface area (Å²) in [6.45, 7) is 3.53. The zero-order chi connectivity index (χ0) is 16.7. The quantitative estimate of drug-likeness (QED) is 0.839. The van der Waals surface area contributed by atoms with Gasteiger partial charge in [-0.05, 0) is 36.1 Å². The Morgan fingerprint density at radius 2 is 1.79 bits per heavy atom. The van der Waals surface area contributed by atoms with Crippen molar-refractivity contribution in [2.24, 2.45) is 0 Å². The van der Waals surface area contributed by atoms with E-state index < -0.39 is 10.0 Å². The second-order valence-corrected chi connectivity index (χ2v) is 7.99. The van der Waals surface area contributed by atoms with Crippen LogP contribution in [0.15, 0.2) is 47.4 Å². The standard InChI is InChI=1S/C18H19NO4S/c1-13-8-9-19(16-5-3-2-4-15(13)16)24(20,21)14-6-7-17-18(12-14)23-11-10-22-17/h2-7,12-13H,8-11H2,1H3. The largest absolute Gasteiger partial charge is 0.486 e. The molecule has 126 valence electrons. The predicted octanol–water partition coefficient (Wildman–Crippen LogP) is 3.16. The summed E-state index contributed by atoms with van der Waals surface area (Å²) in [6.07, 6.45) is 0.806. The van der Waals surface area contributed by atoms with Crippen LogP contribution in [0.2, 0.25) is 0 Å². The lowest BCUT2D eigenvalue weighted by atomic mass is 9.93. The van der Waals surface area contributed by atoms with Crippen molar-refractivity contribution in [1.29, 1.82) is 0 Å². The molecule has 0 bridgehead atoms. The van der Waals surface area contributed by atoms with Crippen molar-refractivity contribution in [2.45, 2.75) is 24.2 Å². The first-order valence-electron chi connectivity index (χ1n) is 8.09. The van der Waals surface area contributed by atoms with Gasteiger partial charge in [-0.2, -0.15) is 0 Å². The molecule has 1 atom stereocenters. The number of nitrogens with zero attached hydrogens (tertiary/aromatic N) is 1. The van der Waals surface area contributed by atoms with Crippen LogP contribution < -0.4 is 13.8 Å². The average molecular weight is 345 g/mol. The third-order valence-corrected chi connectivity index (χ3v) is 6.41. The van der Waals surface area contributed by atoms with Gasteiger partial charge in [-0.15, -0.1) is 0 Å². The number of fused-ring (bicyclic) bond motifs is 2. The summed E-state index contributed by atoms with van der Waals surface area (Å²) in [6, 6.07) is 12.5. The van der Waals surface area contributed by atoms with E-state index in [0.717, 1.165) is 17.7 Å². The van der Waals surface area contributed by atoms with Gasteiger partial charge in [-0.3, -0.25) is 4.31 Å². The molecular weight excluding hydrogens is 326 g/mol. The number of ether oxygens (including phenoxy) is 2. The molecule has 2 aliphatic rings. The molecule has 2 aromatic carbocycles. The topological polar surface area (TPSA) is 55.8 Å². The zero-order valence-corrected chi connectivity index (χ0v) is 14.3. The molecule has 6 heteroatoms. The third kappa shape index (κ3) is 2.41. The van der Waals surface area contributed by atoms with E-state index in [4.69, 9.17) is 9.47 Å². The van der Waals surface area contributed by atoms with Gasteiger partial charge in [-0.25, -0.2) is 8.42 Å². The summed E-state index contributed by atoms with van der Waals surface area (Å²) in [7, 11) is -3.63. The molecule has 0 saturated carbocycles. The van der Waals surface area contributed by atoms with Gasteiger partial charge >= 0.3 is 0 Å². The minimum Gasteiger partial charge on any atom is -0.486 e. The van der Waals surface area contributed by atoms with Crippen LogP contribution in [0.25, 0.3) is 0 Å². The van der Waals surface area contributed by atoms with Gasteiger partial charge in [0.05, 0.1) is 10.6 Å². The molecule has 4 rings (SSSR count). The highest BCUT2D eigenvalue weighted by Gasteiger charge is 2.32. The fourth-order valence-electron chi connectivity index (χ4n) is 3.28. The van der Waals surface area contributed by atoms with Crippen LogP contribution in [0.3, 0.4) is 0 Å². The molecule has 0 spiro atoms. The predicted molar refractivity (Wildman–Crippen MR) is 91.4 cm³/mol. The summed E-state index contributed by atoms with van der Waals surface area (Å²) < 4.78 is 38.9. The monoisotopic (exact) mass is 345 g/mol. The van der Waals surface area contributed by atoms with Crippen LogP contribution in [0.4, 0.5) is 5.69 Å². The molecule has 2 heterocycles. The second-order valence-electron chi connectivity index (χ2n) is 6.13. The van der Waals surface area contributed by atoms with Gasteiger partial charge in [0.1, 0.15) is 13.2 Å². The molecule has 0 aromatic heterocycles. The summed E-state index contributed by atoms with van der Waals surface area (Å²) in [5.41, 5.74) is 1.84. The van der Waals surface area contributed by atoms with Gasteiger partial charge in [0.2, 0.25) is 0 Å². The van der Waals surface area contributed by atoms with Crippen molar-refractivity contribution < 1.29 is 17.9 Å². The molecule has 0 radical (unpaired) electrons. The van der Waals surface area contributed by atoms with Crippen molar-refractivity contribution in [3.8, 4) is 11.5 Å². The fourth-order valence-corrected chi connectivity index (χ4v) is 4.80. The van der Waals surface area contributed by atoms with Crippen molar-refractivity contribution in [1.82, 2.24) is 0 Å². The van der Waals surface area contributed by atoms with Gasteiger partial charge in [0.15, 0.2) is 11.5 Å². The lowest BCUT2D eigenvalue weighted by Crippen LogP contribution is -2.36. The van der Waals surface area contributed by atoms with Crippen LogP contribution in [0.5, 0.6) is 11.5 Å². The molecule has 1 unspecified atom stereocenters. The number of hydrogen-bond donors (Lipinski definition) is 0. The fraction of sp³-hybridized carbons (Fsp3) is 0.333. The molecule has 0 aliphatic carbocycles. The lowest BCUT2D eigenvalue weighted by molar-refractivity contribution is 0.171. The Labute approximate surface area is 141 Å². The number of anilines is 1. The van der Waals surface area contributed by atoms with Gasteiger partial charge in [0.25, 0.3) is 10.0 Å². The van der Waals surface area contributed by atoms with E-state index in [1.807, 2.05) is 24.3 Å². The molecule has 0 N–H and O–H groups in total. The Hall–Kier alpha value is -2.21. The third-order valence-electron chi connectivity index (χ3n) is 4.60. The highest BCUT2D eigenvalue weighted by atomic mass is 32.2. The highest BCUT2D eigenvalue weighted by Crippen LogP contribution is 2.39. The Morgan fingerprint density at radius 3 is 2.62 bits per heavy atom. The van der Waals surface area contributed by atoms with Crippen LogP contribution in [0, 0.1) is 0 Å². The molecule has 2 aromatic rings. The van der Waals surface area contributed by atoms with Crippen LogP contribution in [0.1, 0.15) is 24.8 Å². The molecule has 0 fully saturated rings. The number of hydrogen-bond acceptors (Lipinski definition) is 4. The SMILES string of the molecule is CC1CCN(S(=O)(=O)c2ccc3c(c2)OCCO3)c2ccccc21. The summed E-state index contributed by atoms with van der Waals surface area (Å²) >= 11 is 0. The first-order chi connectivity index (χ1) is 11.6. The first kappa shape index (κ1) is 15.3. The zero-order valence-electron chi connectivity index (χ0n) is 13.4. The number of para-hydroxylation sites is 1. The van der Waals surface area contributed by atoms with Crippen molar-refractivity contribution in [3.05, 3.63) is 48.0 Å². The minimum absolute atomic E-state index is 0.233. The Morgan fingerprint density at radius 1 is 1.04 bits per heavy atom. The summed E-state index contributed by atoms with van der Waals surface area (Å²) in [5, 5.41) is 0. The smallest absolute Gasteiger partial charge is 0.264 e. The highest BCUT2D eigenvalue weighted by molar-refractivity contribution is 7.92. The van der Waals surface area contributed by atoms with Crippen molar-refractivity contribution in [3.63, 3.8) is 0 Å². The van der Waals surface area contributed by atoms with Crippen LogP contribution in [-0.4, -0.2) is 28.2 Å². The van der Waals surface area contributed by atoms with E-state index in [2.05, 4.69) is 6.92 Å². The van der Waals surface area contributed by atoms with Gasteiger partial charge in [-0.1, -0.05) is 25.1 Å². The maximum Gasteiger partial charge on any atom is 0.264 e. The summed E-state index contributed by atoms with van der Waals surface area (Å²) in [5.74, 6) is 1.43. The van der Waals surface area contributed by atoms with Crippen molar-refractivity contribution >= 4 is 15.7 Å². The van der Waals surface area contributed by atoms with E-state index in [1.54, 1.807) is 18.2 Å². The number of benzene rings is 2. The van der Waals surface area contributed by atoms with Gasteiger partial charge in [0, 0.05) is 12.6 Å². The van der Waals surface area contributed by atoms with Crippen molar-refractivity contribution in [2.75, 3.05) is 24.1 Å². The molecule has 5 nitrogen and oxygen atoms in total. The number of rotatable bonds is 2. The van der Waals surface area contributed by atoms with E-state index in [-0.39, 0.29) is 4.90 Å². The Bertz CT molecular complexity index is 878. The molecule has 24 heavy (non-hydrogen) atoms. The second kappa shape index (κ2) is 5.70. The Balaban J connectivity index is 1.77. The van der Waals surface area contributed by atoms with Crippen LogP contribution >= 0.6 is 0 Å². The lowest BCUT2D eigenvalue weighted by Gasteiger charge is -2.33. The van der Waals surface area contributed by atoms with Crippen LogP contribution in [-0.2, 0) is 10.0 Å². The first-order valence-corrected chi connectivity index (χ1v) is 9.53. The van der Waals surface area contributed by atoms with E-state index in [1.165, 1.54) is 4.31 Å². The van der Waals surface area contributed by atoms with E-state index in [0.29, 0.717) is 37.2 Å². The summed E-state index contributed by atoms with van der Waals surface area (Å²) in [4.78, 5) is 0.233. The number of sulfonamides is 1. The molecule has 0 amide bonds. The Kier molecular flexibility index (Phi) is 3.64. The normalized spacial score (nSPS) is 19.7.